The van der Waals surface area contributed by atoms with Crippen LogP contribution in [-0.4, -0.2) is 50.7 Å². The van der Waals surface area contributed by atoms with Gasteiger partial charge in [-0.25, -0.2) is 0 Å². The fourth-order valence-corrected chi connectivity index (χ4v) is 3.10. The van der Waals surface area contributed by atoms with Gasteiger partial charge in [0.25, 0.3) is 0 Å². The number of hydrogen-bond donors (Lipinski definition) is 2. The molecule has 2 aliphatic rings. The molecule has 2 atom stereocenters. The largest absolute Gasteiger partial charge is 0.316 e. The van der Waals surface area contributed by atoms with Gasteiger partial charge in [0.1, 0.15) is 0 Å². The molecule has 0 aromatic rings. The first-order valence-corrected chi connectivity index (χ1v) is 7.48. The third-order valence-corrected chi connectivity index (χ3v) is 4.09. The van der Waals surface area contributed by atoms with E-state index < -0.39 is 0 Å². The Hall–Kier alpha value is -0.120. The predicted molar refractivity (Wildman–Crippen MR) is 73.3 cm³/mol. The molecule has 2 unspecified atom stereocenters. The van der Waals surface area contributed by atoms with Crippen molar-refractivity contribution in [1.82, 2.24) is 15.5 Å². The highest BCUT2D eigenvalue weighted by Crippen LogP contribution is 2.11. The zero-order valence-corrected chi connectivity index (χ0v) is 11.4. The molecule has 100 valence electrons. The molecule has 2 heterocycles. The van der Waals surface area contributed by atoms with E-state index in [4.69, 9.17) is 0 Å². The van der Waals surface area contributed by atoms with Gasteiger partial charge in [0.05, 0.1) is 0 Å². The Kier molecular flexibility index (Phi) is 5.75. The van der Waals surface area contributed by atoms with Crippen molar-refractivity contribution in [3.05, 3.63) is 0 Å². The van der Waals surface area contributed by atoms with Crippen LogP contribution in [0.25, 0.3) is 0 Å². The number of likely N-dealkylation sites (tertiary alicyclic amines) is 1. The van der Waals surface area contributed by atoms with Crippen molar-refractivity contribution >= 4 is 0 Å². The van der Waals surface area contributed by atoms with E-state index in [0.717, 1.165) is 11.8 Å². The molecule has 2 saturated heterocycles. The third kappa shape index (κ3) is 4.94. The molecule has 0 aromatic heterocycles. The van der Waals surface area contributed by atoms with Gasteiger partial charge in [0.2, 0.25) is 0 Å². The van der Waals surface area contributed by atoms with Crippen molar-refractivity contribution in [2.45, 2.75) is 32.6 Å². The highest BCUT2D eigenvalue weighted by Gasteiger charge is 2.15. The van der Waals surface area contributed by atoms with Crippen molar-refractivity contribution in [3.63, 3.8) is 0 Å². The van der Waals surface area contributed by atoms with Gasteiger partial charge in [-0.3, -0.25) is 0 Å². The minimum Gasteiger partial charge on any atom is -0.316 e. The van der Waals surface area contributed by atoms with E-state index in [1.807, 2.05) is 0 Å². The van der Waals surface area contributed by atoms with Crippen LogP contribution in [0.4, 0.5) is 0 Å². The molecule has 0 bridgehead atoms. The average Bonchev–Trinajstić information content (AvgIpc) is 2.83. The fourth-order valence-electron chi connectivity index (χ4n) is 3.10. The second-order valence-corrected chi connectivity index (χ2v) is 5.98. The molecule has 2 N–H and O–H groups in total. The summed E-state index contributed by atoms with van der Waals surface area (Å²) in [4.78, 5) is 2.62. The molecule has 2 fully saturated rings. The van der Waals surface area contributed by atoms with Gasteiger partial charge in [0.15, 0.2) is 0 Å². The Morgan fingerprint density at radius 1 is 1.29 bits per heavy atom. The Labute approximate surface area is 106 Å². The number of hydrogen-bond acceptors (Lipinski definition) is 3. The molecule has 0 amide bonds. The minimum atomic E-state index is 0.796. The van der Waals surface area contributed by atoms with Crippen molar-refractivity contribution < 1.29 is 0 Å². The molecule has 0 radical (unpaired) electrons. The van der Waals surface area contributed by atoms with E-state index in [-0.39, 0.29) is 0 Å². The maximum atomic E-state index is 3.66. The van der Waals surface area contributed by atoms with E-state index in [2.05, 4.69) is 22.5 Å². The molecule has 0 aliphatic carbocycles. The van der Waals surface area contributed by atoms with E-state index in [1.165, 1.54) is 71.5 Å². The third-order valence-electron chi connectivity index (χ3n) is 4.09. The SMILES string of the molecule is CC(CNCC1CCCNC1)CN1CCCC1. The van der Waals surface area contributed by atoms with Gasteiger partial charge in [-0.15, -0.1) is 0 Å². The van der Waals surface area contributed by atoms with Crippen molar-refractivity contribution in [1.29, 1.82) is 0 Å². The highest BCUT2D eigenvalue weighted by atomic mass is 15.1. The zero-order chi connectivity index (χ0) is 11.9. The lowest BCUT2D eigenvalue weighted by Gasteiger charge is -2.25. The first kappa shape index (κ1) is 13.3. The first-order valence-electron chi connectivity index (χ1n) is 7.48. The summed E-state index contributed by atoms with van der Waals surface area (Å²) < 4.78 is 0. The van der Waals surface area contributed by atoms with Gasteiger partial charge < -0.3 is 15.5 Å². The molecule has 3 nitrogen and oxygen atoms in total. The Morgan fingerprint density at radius 2 is 2.12 bits per heavy atom. The molecule has 3 heteroatoms. The summed E-state index contributed by atoms with van der Waals surface area (Å²) in [5.74, 6) is 1.66. The van der Waals surface area contributed by atoms with Crippen LogP contribution in [0.5, 0.6) is 0 Å². The normalized spacial score (nSPS) is 28.4. The van der Waals surface area contributed by atoms with Crippen LogP contribution < -0.4 is 10.6 Å². The quantitative estimate of drug-likeness (QED) is 0.732. The molecule has 0 aromatic carbocycles. The van der Waals surface area contributed by atoms with Gasteiger partial charge in [-0.1, -0.05) is 6.92 Å². The van der Waals surface area contributed by atoms with Crippen LogP contribution in [-0.2, 0) is 0 Å². The fraction of sp³-hybridized carbons (Fsp3) is 1.00. The number of rotatable bonds is 6. The molecule has 17 heavy (non-hydrogen) atoms. The summed E-state index contributed by atoms with van der Waals surface area (Å²) in [6, 6.07) is 0. The zero-order valence-electron chi connectivity index (χ0n) is 11.4. The second-order valence-electron chi connectivity index (χ2n) is 5.98. The smallest absolute Gasteiger partial charge is 0.00191 e. The van der Waals surface area contributed by atoms with Gasteiger partial charge in [-0.05, 0) is 76.8 Å². The molecule has 0 saturated carbocycles. The number of piperidine rings is 1. The van der Waals surface area contributed by atoms with Crippen LogP contribution in [0, 0.1) is 11.8 Å². The topological polar surface area (TPSA) is 27.3 Å². The lowest BCUT2D eigenvalue weighted by atomic mass is 9.99. The van der Waals surface area contributed by atoms with Gasteiger partial charge in [0, 0.05) is 6.54 Å². The van der Waals surface area contributed by atoms with Crippen LogP contribution in [0.2, 0.25) is 0 Å². The minimum absolute atomic E-state index is 0.796. The number of nitrogens with one attached hydrogen (secondary N) is 2. The maximum Gasteiger partial charge on any atom is 0.00191 e. The van der Waals surface area contributed by atoms with E-state index in [9.17, 15) is 0 Å². The Morgan fingerprint density at radius 3 is 2.82 bits per heavy atom. The van der Waals surface area contributed by atoms with E-state index in [1.54, 1.807) is 0 Å². The van der Waals surface area contributed by atoms with Crippen molar-refractivity contribution in [3.8, 4) is 0 Å². The maximum absolute atomic E-state index is 3.66. The average molecular weight is 239 g/mol. The Bertz CT molecular complexity index is 196. The summed E-state index contributed by atoms with van der Waals surface area (Å²) in [5, 5.41) is 7.15. The Balaban J connectivity index is 1.51. The van der Waals surface area contributed by atoms with Gasteiger partial charge in [-0.2, -0.15) is 0 Å². The van der Waals surface area contributed by atoms with Crippen LogP contribution >= 0.6 is 0 Å². The molecular formula is C14H29N3. The summed E-state index contributed by atoms with van der Waals surface area (Å²) >= 11 is 0. The predicted octanol–water partition coefficient (Wildman–Crippen LogP) is 1.31. The first-order chi connectivity index (χ1) is 8.34. The lowest BCUT2D eigenvalue weighted by Crippen LogP contribution is -2.38. The van der Waals surface area contributed by atoms with Gasteiger partial charge >= 0.3 is 0 Å². The van der Waals surface area contributed by atoms with E-state index >= 15 is 0 Å². The van der Waals surface area contributed by atoms with Crippen molar-refractivity contribution in [2.24, 2.45) is 11.8 Å². The monoisotopic (exact) mass is 239 g/mol. The molecular weight excluding hydrogens is 210 g/mol. The van der Waals surface area contributed by atoms with Crippen LogP contribution in [0.3, 0.4) is 0 Å². The van der Waals surface area contributed by atoms with Crippen molar-refractivity contribution in [2.75, 3.05) is 45.8 Å². The summed E-state index contributed by atoms with van der Waals surface area (Å²) in [5.41, 5.74) is 0. The standard InChI is InChI=1S/C14H29N3/c1-13(12-17-7-2-3-8-17)9-16-11-14-5-4-6-15-10-14/h13-16H,2-12H2,1H3. The number of nitrogens with zero attached hydrogens (tertiary/aromatic N) is 1. The second kappa shape index (κ2) is 7.34. The summed E-state index contributed by atoms with van der Waals surface area (Å²) in [6.07, 6.45) is 5.58. The molecule has 2 aliphatic heterocycles. The highest BCUT2D eigenvalue weighted by molar-refractivity contribution is 4.73. The summed E-state index contributed by atoms with van der Waals surface area (Å²) in [7, 11) is 0. The van der Waals surface area contributed by atoms with E-state index in [0.29, 0.717) is 0 Å². The molecule has 0 spiro atoms. The summed E-state index contributed by atoms with van der Waals surface area (Å²) in [6.45, 7) is 11.2. The van der Waals surface area contributed by atoms with Crippen LogP contribution in [0.15, 0.2) is 0 Å². The van der Waals surface area contributed by atoms with Crippen LogP contribution in [0.1, 0.15) is 32.6 Å². The lowest BCUT2D eigenvalue weighted by molar-refractivity contribution is 0.276. The molecule has 2 rings (SSSR count).